The van der Waals surface area contributed by atoms with E-state index in [-0.39, 0.29) is 5.48 Å². The highest BCUT2D eigenvalue weighted by Crippen LogP contribution is 2.01. The molecule has 0 saturated heterocycles. The van der Waals surface area contributed by atoms with Gasteiger partial charge in [0.1, 0.15) is 0 Å². The van der Waals surface area contributed by atoms with E-state index < -0.39 is 18.2 Å². The summed E-state index contributed by atoms with van der Waals surface area (Å²) in [4.78, 5) is 21.4. The van der Waals surface area contributed by atoms with Crippen LogP contribution in [0.25, 0.3) is 0 Å². The van der Waals surface area contributed by atoms with E-state index in [1.54, 1.807) is 6.92 Å². The van der Waals surface area contributed by atoms with E-state index in [1.807, 2.05) is 0 Å². The van der Waals surface area contributed by atoms with Crippen LogP contribution in [0.1, 0.15) is 13.3 Å². The Kier molecular flexibility index (Phi) is 8.50. The Morgan fingerprint density at radius 3 is 1.79 bits per heavy atom. The molecular formula is C9H14O5. The lowest BCUT2D eigenvalue weighted by atomic mass is 10.4. The number of hydrogen-bond donors (Lipinski definition) is 0. The van der Waals surface area contributed by atoms with Crippen molar-refractivity contribution in [2.45, 2.75) is 19.6 Å². The van der Waals surface area contributed by atoms with Gasteiger partial charge in [0.15, 0.2) is 0 Å². The number of rotatable bonds is 5. The van der Waals surface area contributed by atoms with E-state index in [4.69, 9.17) is 0 Å². The van der Waals surface area contributed by atoms with Crippen molar-refractivity contribution in [1.82, 2.24) is 0 Å². The first-order chi connectivity index (χ1) is 6.13. The number of hydrogen-bond acceptors (Lipinski definition) is 4. The van der Waals surface area contributed by atoms with E-state index in [0.717, 1.165) is 12.2 Å². The first-order valence-electron chi connectivity index (χ1n) is 3.80. The lowest BCUT2D eigenvalue weighted by molar-refractivity contribution is -0.181. The zero-order valence-corrected chi connectivity index (χ0v) is 7.99. The standard InChI is InChI=1S/C9H12O4.H2O/c1-4-7(10)12-9(6-3)13-8(11)5-2;/h4-5,9H,1-2,6H2,3H3;1H2. The highest BCUT2D eigenvalue weighted by molar-refractivity contribution is 5.82. The number of carbonyl (C=O) groups is 2. The Labute approximate surface area is 82.3 Å². The van der Waals surface area contributed by atoms with Crippen LogP contribution in [0.3, 0.4) is 0 Å². The van der Waals surface area contributed by atoms with Crippen molar-refractivity contribution >= 4 is 11.9 Å². The molecule has 0 bridgehead atoms. The number of carbonyl (C=O) groups excluding carboxylic acids is 2. The fourth-order valence-corrected chi connectivity index (χ4v) is 0.546. The minimum Gasteiger partial charge on any atom is -0.422 e. The molecule has 0 aromatic rings. The second-order valence-corrected chi connectivity index (χ2v) is 2.12. The molecule has 5 nitrogen and oxygen atoms in total. The normalized spacial score (nSPS) is 8.43. The summed E-state index contributed by atoms with van der Waals surface area (Å²) >= 11 is 0. The van der Waals surface area contributed by atoms with Crippen LogP contribution in [-0.4, -0.2) is 23.7 Å². The van der Waals surface area contributed by atoms with Gasteiger partial charge in [-0.3, -0.25) is 0 Å². The zero-order chi connectivity index (χ0) is 10.3. The van der Waals surface area contributed by atoms with Crippen LogP contribution in [0.15, 0.2) is 25.3 Å². The summed E-state index contributed by atoms with van der Waals surface area (Å²) in [5, 5.41) is 0. The topological polar surface area (TPSA) is 84.1 Å². The predicted octanol–water partition coefficient (Wildman–Crippen LogP) is 0.356. The van der Waals surface area contributed by atoms with Crippen LogP contribution < -0.4 is 0 Å². The molecule has 2 N–H and O–H groups in total. The molecule has 0 radical (unpaired) electrons. The summed E-state index contributed by atoms with van der Waals surface area (Å²) in [6, 6.07) is 0. The van der Waals surface area contributed by atoms with Gasteiger partial charge < -0.3 is 14.9 Å². The molecule has 5 heteroatoms. The van der Waals surface area contributed by atoms with Crippen molar-refractivity contribution in [3.8, 4) is 0 Å². The highest BCUT2D eigenvalue weighted by atomic mass is 16.7. The van der Waals surface area contributed by atoms with E-state index in [2.05, 4.69) is 22.6 Å². The third kappa shape index (κ3) is 5.96. The maximum atomic E-state index is 10.7. The largest absolute Gasteiger partial charge is 0.422 e. The molecule has 0 spiro atoms. The second kappa shape index (κ2) is 8.00. The first kappa shape index (κ1) is 14.9. The SMILES string of the molecule is C=CC(=O)OC(CC)OC(=O)C=C.O. The van der Waals surface area contributed by atoms with Crippen LogP contribution in [0.2, 0.25) is 0 Å². The summed E-state index contributed by atoms with van der Waals surface area (Å²) < 4.78 is 9.35. The van der Waals surface area contributed by atoms with Crippen molar-refractivity contribution < 1.29 is 24.5 Å². The Morgan fingerprint density at radius 1 is 1.21 bits per heavy atom. The maximum absolute atomic E-state index is 10.7. The summed E-state index contributed by atoms with van der Waals surface area (Å²) in [6.45, 7) is 8.14. The quantitative estimate of drug-likeness (QED) is 0.366. The predicted molar refractivity (Wildman–Crippen MR) is 50.3 cm³/mol. The van der Waals surface area contributed by atoms with Gasteiger partial charge >= 0.3 is 11.9 Å². The Hall–Kier alpha value is -1.62. The lowest BCUT2D eigenvalue weighted by Crippen LogP contribution is -2.22. The summed E-state index contributed by atoms with van der Waals surface area (Å²) in [7, 11) is 0. The van der Waals surface area contributed by atoms with Crippen molar-refractivity contribution in [2.24, 2.45) is 0 Å². The average Bonchev–Trinajstić information content (AvgIpc) is 2.16. The smallest absolute Gasteiger partial charge is 0.333 e. The van der Waals surface area contributed by atoms with Crippen LogP contribution in [0.5, 0.6) is 0 Å². The third-order valence-corrected chi connectivity index (χ3v) is 1.16. The molecule has 0 heterocycles. The van der Waals surface area contributed by atoms with Crippen LogP contribution >= 0.6 is 0 Å². The molecule has 0 atom stereocenters. The Balaban J connectivity index is 0. The molecule has 80 valence electrons. The first-order valence-corrected chi connectivity index (χ1v) is 3.80. The van der Waals surface area contributed by atoms with Crippen molar-refractivity contribution in [3.63, 3.8) is 0 Å². The van der Waals surface area contributed by atoms with Crippen molar-refractivity contribution in [2.75, 3.05) is 0 Å². The molecule has 0 aliphatic rings. The molecule has 0 rings (SSSR count). The summed E-state index contributed by atoms with van der Waals surface area (Å²) in [6.07, 6.45) is 1.53. The Bertz CT molecular complexity index is 199. The second-order valence-electron chi connectivity index (χ2n) is 2.12. The highest BCUT2D eigenvalue weighted by Gasteiger charge is 2.13. The van der Waals surface area contributed by atoms with E-state index in [9.17, 15) is 9.59 Å². The summed E-state index contributed by atoms with van der Waals surface area (Å²) in [5.74, 6) is -1.24. The zero-order valence-electron chi connectivity index (χ0n) is 7.99. The third-order valence-electron chi connectivity index (χ3n) is 1.16. The van der Waals surface area contributed by atoms with E-state index in [1.165, 1.54) is 0 Å². The molecular weight excluding hydrogens is 188 g/mol. The van der Waals surface area contributed by atoms with Crippen LogP contribution in [-0.2, 0) is 19.1 Å². The van der Waals surface area contributed by atoms with Crippen molar-refractivity contribution in [1.29, 1.82) is 0 Å². The molecule has 0 unspecified atom stereocenters. The van der Waals surface area contributed by atoms with Gasteiger partial charge in [0.2, 0.25) is 6.29 Å². The minimum absolute atomic E-state index is 0. The average molecular weight is 202 g/mol. The Morgan fingerprint density at radius 2 is 1.57 bits per heavy atom. The van der Waals surface area contributed by atoms with Crippen LogP contribution in [0, 0.1) is 0 Å². The molecule has 0 fully saturated rings. The van der Waals surface area contributed by atoms with Gasteiger partial charge in [-0.2, -0.15) is 0 Å². The number of ether oxygens (including phenoxy) is 2. The van der Waals surface area contributed by atoms with Gasteiger partial charge in [-0.1, -0.05) is 20.1 Å². The van der Waals surface area contributed by atoms with Crippen LogP contribution in [0.4, 0.5) is 0 Å². The monoisotopic (exact) mass is 202 g/mol. The molecule has 0 saturated carbocycles. The van der Waals surface area contributed by atoms with Gasteiger partial charge in [0, 0.05) is 18.6 Å². The van der Waals surface area contributed by atoms with Gasteiger partial charge in [-0.05, 0) is 0 Å². The molecule has 0 amide bonds. The van der Waals surface area contributed by atoms with Gasteiger partial charge in [0.05, 0.1) is 0 Å². The fraction of sp³-hybridized carbons (Fsp3) is 0.333. The van der Waals surface area contributed by atoms with Gasteiger partial charge in [-0.25, -0.2) is 9.59 Å². The molecule has 0 aliphatic heterocycles. The van der Waals surface area contributed by atoms with Crippen molar-refractivity contribution in [3.05, 3.63) is 25.3 Å². The summed E-state index contributed by atoms with van der Waals surface area (Å²) in [5.41, 5.74) is 0. The molecule has 14 heavy (non-hydrogen) atoms. The fourth-order valence-electron chi connectivity index (χ4n) is 0.546. The molecule has 0 aromatic carbocycles. The van der Waals surface area contributed by atoms with E-state index in [0.29, 0.717) is 6.42 Å². The molecule has 0 aromatic heterocycles. The minimum atomic E-state index is -0.865. The van der Waals surface area contributed by atoms with Gasteiger partial charge in [0.25, 0.3) is 0 Å². The lowest BCUT2D eigenvalue weighted by Gasteiger charge is -2.14. The van der Waals surface area contributed by atoms with E-state index >= 15 is 0 Å². The molecule has 0 aliphatic carbocycles. The number of esters is 2. The maximum Gasteiger partial charge on any atom is 0.333 e. The van der Waals surface area contributed by atoms with Gasteiger partial charge in [-0.15, -0.1) is 0 Å².